The fraction of sp³-hybridized carbons (Fsp3) is 0.556. The first-order chi connectivity index (χ1) is 11.5. The molecule has 1 aliphatic heterocycles. The maximum absolute atomic E-state index is 12.3. The summed E-state index contributed by atoms with van der Waals surface area (Å²) in [6.07, 6.45) is 3.87. The van der Waals surface area contributed by atoms with Gasteiger partial charge in [-0.15, -0.1) is 0 Å². The van der Waals surface area contributed by atoms with Crippen molar-refractivity contribution >= 4 is 11.8 Å². The first-order valence-corrected chi connectivity index (χ1v) is 8.41. The average Bonchev–Trinajstić information content (AvgIpc) is 2.94. The van der Waals surface area contributed by atoms with Gasteiger partial charge in [-0.3, -0.25) is 14.8 Å². The number of benzene rings is 1. The highest BCUT2D eigenvalue weighted by molar-refractivity contribution is 5.93. The van der Waals surface area contributed by atoms with Gasteiger partial charge in [-0.1, -0.05) is 6.07 Å². The third-order valence-corrected chi connectivity index (χ3v) is 5.09. The van der Waals surface area contributed by atoms with Crippen molar-refractivity contribution in [1.29, 1.82) is 0 Å². The van der Waals surface area contributed by atoms with Gasteiger partial charge in [-0.25, -0.2) is 5.06 Å². The number of hydrogen-bond donors (Lipinski definition) is 2. The summed E-state index contributed by atoms with van der Waals surface area (Å²) in [5.41, 5.74) is 2.90. The summed E-state index contributed by atoms with van der Waals surface area (Å²) in [5.74, 6) is -0.246. The van der Waals surface area contributed by atoms with Gasteiger partial charge in [0.15, 0.2) is 0 Å². The normalized spacial score (nSPS) is 22.3. The predicted octanol–water partition coefficient (Wildman–Crippen LogP) is 1.55. The summed E-state index contributed by atoms with van der Waals surface area (Å²) >= 11 is 0. The SMILES string of the molecule is COCCCN(O)C(=O)c1ccc2c(c1)CC[C@@]1(CNC(=O)C1)C2. The van der Waals surface area contributed by atoms with Crippen molar-refractivity contribution in [3.8, 4) is 0 Å². The van der Waals surface area contributed by atoms with Gasteiger partial charge in [0.25, 0.3) is 5.91 Å². The van der Waals surface area contributed by atoms with Crippen LogP contribution in [0.4, 0.5) is 0 Å². The Morgan fingerprint density at radius 1 is 1.38 bits per heavy atom. The number of hydrogen-bond acceptors (Lipinski definition) is 4. The minimum atomic E-state index is -0.382. The monoisotopic (exact) mass is 332 g/mol. The molecule has 1 heterocycles. The number of nitrogens with one attached hydrogen (secondary N) is 1. The highest BCUT2D eigenvalue weighted by atomic mass is 16.5. The Hall–Kier alpha value is -1.92. The molecule has 0 unspecified atom stereocenters. The number of nitrogens with zero attached hydrogens (tertiary/aromatic N) is 1. The molecule has 6 heteroatoms. The smallest absolute Gasteiger partial charge is 0.277 e. The Morgan fingerprint density at radius 3 is 2.92 bits per heavy atom. The van der Waals surface area contributed by atoms with E-state index >= 15 is 0 Å². The molecule has 1 atom stereocenters. The van der Waals surface area contributed by atoms with Gasteiger partial charge in [0.1, 0.15) is 0 Å². The molecular formula is C18H24N2O4. The van der Waals surface area contributed by atoms with Crippen LogP contribution in [-0.4, -0.2) is 48.9 Å². The lowest BCUT2D eigenvalue weighted by Gasteiger charge is -2.33. The van der Waals surface area contributed by atoms with Crippen LogP contribution in [-0.2, 0) is 22.4 Å². The molecule has 130 valence electrons. The Bertz CT molecular complexity index is 646. The minimum absolute atomic E-state index is 0.0405. The minimum Gasteiger partial charge on any atom is -0.385 e. The quantitative estimate of drug-likeness (QED) is 0.487. The zero-order chi connectivity index (χ0) is 17.2. The number of fused-ring (bicyclic) bond motifs is 1. The number of methoxy groups -OCH3 is 1. The molecule has 1 aromatic rings. The van der Waals surface area contributed by atoms with Crippen LogP contribution in [0.5, 0.6) is 0 Å². The van der Waals surface area contributed by atoms with E-state index in [1.807, 2.05) is 12.1 Å². The molecule has 1 aromatic carbocycles. The molecule has 0 saturated carbocycles. The van der Waals surface area contributed by atoms with E-state index < -0.39 is 0 Å². The first kappa shape index (κ1) is 16.9. The van der Waals surface area contributed by atoms with E-state index in [1.165, 1.54) is 5.56 Å². The third-order valence-electron chi connectivity index (χ3n) is 5.09. The van der Waals surface area contributed by atoms with Crippen molar-refractivity contribution in [3.63, 3.8) is 0 Å². The van der Waals surface area contributed by atoms with Crippen LogP contribution >= 0.6 is 0 Å². The summed E-state index contributed by atoms with van der Waals surface area (Å²) in [7, 11) is 1.59. The van der Waals surface area contributed by atoms with E-state index in [2.05, 4.69) is 5.32 Å². The van der Waals surface area contributed by atoms with Gasteiger partial charge in [0.2, 0.25) is 5.91 Å². The number of hydroxylamine groups is 2. The van der Waals surface area contributed by atoms with Crippen LogP contribution in [0.25, 0.3) is 0 Å². The fourth-order valence-corrected chi connectivity index (χ4v) is 3.72. The van der Waals surface area contributed by atoms with Crippen molar-refractivity contribution in [2.75, 3.05) is 26.8 Å². The number of rotatable bonds is 5. The van der Waals surface area contributed by atoms with Crippen molar-refractivity contribution in [2.24, 2.45) is 5.41 Å². The number of carbonyl (C=O) groups is 2. The van der Waals surface area contributed by atoms with Gasteiger partial charge in [0.05, 0.1) is 6.54 Å². The molecule has 1 saturated heterocycles. The van der Waals surface area contributed by atoms with Gasteiger partial charge < -0.3 is 10.1 Å². The highest BCUT2D eigenvalue weighted by Gasteiger charge is 2.40. The molecule has 1 spiro atoms. The molecule has 0 bridgehead atoms. The highest BCUT2D eigenvalue weighted by Crippen LogP contribution is 2.40. The summed E-state index contributed by atoms with van der Waals surface area (Å²) in [6, 6.07) is 5.62. The number of carbonyl (C=O) groups excluding carboxylic acids is 2. The van der Waals surface area contributed by atoms with E-state index in [0.29, 0.717) is 25.0 Å². The molecule has 0 radical (unpaired) electrons. The van der Waals surface area contributed by atoms with Crippen molar-refractivity contribution in [1.82, 2.24) is 10.4 Å². The summed E-state index contributed by atoms with van der Waals surface area (Å²) in [6.45, 7) is 1.50. The van der Waals surface area contributed by atoms with E-state index in [9.17, 15) is 14.8 Å². The van der Waals surface area contributed by atoms with Crippen LogP contribution in [0.2, 0.25) is 0 Å². The largest absolute Gasteiger partial charge is 0.385 e. The zero-order valence-electron chi connectivity index (χ0n) is 14.0. The van der Waals surface area contributed by atoms with Crippen molar-refractivity contribution in [3.05, 3.63) is 34.9 Å². The van der Waals surface area contributed by atoms with Crippen LogP contribution in [0.15, 0.2) is 18.2 Å². The third kappa shape index (κ3) is 3.44. The van der Waals surface area contributed by atoms with E-state index in [1.54, 1.807) is 13.2 Å². The molecule has 24 heavy (non-hydrogen) atoms. The van der Waals surface area contributed by atoms with Crippen LogP contribution in [0, 0.1) is 5.41 Å². The molecule has 2 amide bonds. The zero-order valence-corrected chi connectivity index (χ0v) is 14.0. The molecule has 2 aliphatic rings. The standard InChI is InChI=1S/C18H24N2O4/c1-24-8-2-7-20(23)17(22)14-3-4-15-10-18(6-5-13(15)9-14)11-16(21)19-12-18/h3-4,9,23H,2,5-8,10-12H2,1H3,(H,19,21)/t18-/m1/s1. The average molecular weight is 332 g/mol. The predicted molar refractivity (Wildman–Crippen MR) is 87.8 cm³/mol. The van der Waals surface area contributed by atoms with Crippen LogP contribution in [0.3, 0.4) is 0 Å². The second-order valence-electron chi connectivity index (χ2n) is 6.89. The topological polar surface area (TPSA) is 78.9 Å². The maximum Gasteiger partial charge on any atom is 0.277 e. The van der Waals surface area contributed by atoms with Crippen LogP contribution in [0.1, 0.15) is 40.7 Å². The van der Waals surface area contributed by atoms with E-state index in [-0.39, 0.29) is 23.8 Å². The van der Waals surface area contributed by atoms with Crippen LogP contribution < -0.4 is 5.32 Å². The number of amides is 2. The number of aryl methyl sites for hydroxylation is 1. The van der Waals surface area contributed by atoms with Crippen molar-refractivity contribution < 1.29 is 19.5 Å². The van der Waals surface area contributed by atoms with E-state index in [4.69, 9.17) is 4.74 Å². The second kappa shape index (κ2) is 6.91. The van der Waals surface area contributed by atoms with E-state index in [0.717, 1.165) is 36.4 Å². The summed E-state index contributed by atoms with van der Waals surface area (Å²) in [5, 5.41) is 13.6. The van der Waals surface area contributed by atoms with Gasteiger partial charge in [-0.05, 0) is 48.9 Å². The van der Waals surface area contributed by atoms with Gasteiger partial charge in [0, 0.05) is 37.7 Å². The molecule has 3 rings (SSSR count). The maximum atomic E-state index is 12.3. The Labute approximate surface area is 141 Å². The molecule has 2 N–H and O–H groups in total. The molecule has 1 fully saturated rings. The van der Waals surface area contributed by atoms with Gasteiger partial charge in [-0.2, -0.15) is 0 Å². The molecule has 1 aliphatic carbocycles. The van der Waals surface area contributed by atoms with Gasteiger partial charge >= 0.3 is 0 Å². The Kier molecular flexibility index (Phi) is 4.87. The number of ether oxygens (including phenoxy) is 1. The lowest BCUT2D eigenvalue weighted by atomic mass is 9.71. The lowest BCUT2D eigenvalue weighted by Crippen LogP contribution is -2.32. The Balaban J connectivity index is 1.69. The van der Waals surface area contributed by atoms with Crippen molar-refractivity contribution in [2.45, 2.75) is 32.1 Å². The molecular weight excluding hydrogens is 308 g/mol. The summed E-state index contributed by atoms with van der Waals surface area (Å²) < 4.78 is 4.93. The first-order valence-electron chi connectivity index (χ1n) is 8.41. The fourth-order valence-electron chi connectivity index (χ4n) is 3.72. The second-order valence-corrected chi connectivity index (χ2v) is 6.89. The molecule has 0 aromatic heterocycles. The lowest BCUT2D eigenvalue weighted by molar-refractivity contribution is -0.119. The Morgan fingerprint density at radius 2 is 2.21 bits per heavy atom. The molecule has 6 nitrogen and oxygen atoms in total. The summed E-state index contributed by atoms with van der Waals surface area (Å²) in [4.78, 5) is 23.9.